The van der Waals surface area contributed by atoms with Crippen molar-refractivity contribution >= 4 is 27.6 Å². The van der Waals surface area contributed by atoms with Crippen molar-refractivity contribution in [3.8, 4) is 5.75 Å². The molecule has 3 rings (SSSR count). The van der Waals surface area contributed by atoms with Crippen LogP contribution in [0, 0.1) is 0 Å². The minimum absolute atomic E-state index is 0.0577. The number of amides is 1. The number of nitrogens with two attached hydrogens (primary N) is 1. The molecule has 1 aliphatic heterocycles. The number of hydrogen-bond donors (Lipinski definition) is 2. The molecule has 0 fully saturated rings. The number of sulfonamides is 1. The van der Waals surface area contributed by atoms with Crippen LogP contribution < -0.4 is 14.8 Å². The van der Waals surface area contributed by atoms with E-state index in [0.717, 1.165) is 0 Å². The van der Waals surface area contributed by atoms with E-state index in [2.05, 4.69) is 0 Å². The molecule has 2 aromatic rings. The van der Waals surface area contributed by atoms with E-state index >= 15 is 0 Å². The Balaban J connectivity index is 2.12. The lowest BCUT2D eigenvalue weighted by atomic mass is 9.98. The number of aliphatic hydroxyl groups is 1. The number of ether oxygens (including phenoxy) is 2. The first kappa shape index (κ1) is 21.3. The Bertz CT molecular complexity index is 1110. The molecule has 30 heavy (non-hydrogen) atoms. The van der Waals surface area contributed by atoms with Crippen LogP contribution in [-0.2, 0) is 24.3 Å². The second-order valence-electron chi connectivity index (χ2n) is 6.37. The Labute approximate surface area is 173 Å². The Morgan fingerprint density at radius 1 is 1.13 bits per heavy atom. The molecule has 0 unspecified atom stereocenters. The normalized spacial score (nSPS) is 16.7. The van der Waals surface area contributed by atoms with Gasteiger partial charge in [-0.2, -0.15) is 0 Å². The van der Waals surface area contributed by atoms with Crippen LogP contribution in [0.2, 0.25) is 0 Å². The summed E-state index contributed by atoms with van der Waals surface area (Å²) >= 11 is 0. The molecule has 0 bridgehead atoms. The summed E-state index contributed by atoms with van der Waals surface area (Å²) in [5.74, 6) is -1.81. The first-order chi connectivity index (χ1) is 14.2. The fourth-order valence-corrected chi connectivity index (χ4v) is 3.70. The average molecular weight is 432 g/mol. The lowest BCUT2D eigenvalue weighted by molar-refractivity contribution is -0.139. The maximum absolute atomic E-state index is 12.9. The second-order valence-corrected chi connectivity index (χ2v) is 7.93. The van der Waals surface area contributed by atoms with Gasteiger partial charge in [0.05, 0.1) is 24.7 Å². The van der Waals surface area contributed by atoms with Gasteiger partial charge in [0.15, 0.2) is 5.76 Å². The molecule has 3 N–H and O–H groups in total. The van der Waals surface area contributed by atoms with Crippen molar-refractivity contribution in [3.05, 3.63) is 65.4 Å². The van der Waals surface area contributed by atoms with Gasteiger partial charge in [0.2, 0.25) is 10.0 Å². The minimum Gasteiger partial charge on any atom is -0.503 e. The number of nitrogens with zero attached hydrogens (tertiary/aromatic N) is 1. The average Bonchev–Trinajstić information content (AvgIpc) is 2.98. The van der Waals surface area contributed by atoms with E-state index in [0.29, 0.717) is 11.3 Å². The van der Waals surface area contributed by atoms with Crippen LogP contribution in [0.1, 0.15) is 18.5 Å². The maximum Gasteiger partial charge on any atom is 0.340 e. The van der Waals surface area contributed by atoms with Gasteiger partial charge < -0.3 is 14.6 Å². The van der Waals surface area contributed by atoms with Crippen LogP contribution in [0.3, 0.4) is 0 Å². The van der Waals surface area contributed by atoms with Crippen LogP contribution in [0.5, 0.6) is 5.75 Å². The van der Waals surface area contributed by atoms with E-state index in [9.17, 15) is 23.1 Å². The lowest BCUT2D eigenvalue weighted by Gasteiger charge is -2.27. The van der Waals surface area contributed by atoms with Gasteiger partial charge in [-0.05, 0) is 48.9 Å². The Kier molecular flexibility index (Phi) is 5.81. The second kappa shape index (κ2) is 8.17. The molecule has 0 radical (unpaired) electrons. The monoisotopic (exact) mass is 432 g/mol. The van der Waals surface area contributed by atoms with E-state index in [-0.39, 0.29) is 22.8 Å². The van der Waals surface area contributed by atoms with Gasteiger partial charge in [0, 0.05) is 5.69 Å². The van der Waals surface area contributed by atoms with Crippen LogP contribution in [0.25, 0.3) is 0 Å². The first-order valence-electron chi connectivity index (χ1n) is 8.89. The smallest absolute Gasteiger partial charge is 0.340 e. The summed E-state index contributed by atoms with van der Waals surface area (Å²) in [5, 5.41) is 15.6. The molecule has 0 aromatic heterocycles. The Hall–Kier alpha value is -3.37. The van der Waals surface area contributed by atoms with E-state index in [1.54, 1.807) is 31.2 Å². The number of esters is 1. The number of hydrogen-bond acceptors (Lipinski definition) is 7. The van der Waals surface area contributed by atoms with Crippen molar-refractivity contribution in [2.45, 2.75) is 17.9 Å². The van der Waals surface area contributed by atoms with Crippen molar-refractivity contribution in [2.75, 3.05) is 18.6 Å². The first-order valence-corrected chi connectivity index (χ1v) is 10.4. The fraction of sp³-hybridized carbons (Fsp3) is 0.200. The molecule has 0 saturated heterocycles. The number of primary sulfonamides is 1. The minimum atomic E-state index is -3.92. The van der Waals surface area contributed by atoms with E-state index in [1.807, 2.05) is 0 Å². The van der Waals surface area contributed by atoms with Crippen molar-refractivity contribution in [1.29, 1.82) is 0 Å². The third-order valence-electron chi connectivity index (χ3n) is 4.58. The predicted octanol–water partition coefficient (Wildman–Crippen LogP) is 1.81. The predicted molar refractivity (Wildman–Crippen MR) is 107 cm³/mol. The summed E-state index contributed by atoms with van der Waals surface area (Å²) in [6, 6.07) is 10.8. The molecule has 2 aromatic carbocycles. The third kappa shape index (κ3) is 3.87. The number of methoxy groups -OCH3 is 1. The van der Waals surface area contributed by atoms with Crippen molar-refractivity contribution in [3.63, 3.8) is 0 Å². The molecule has 1 heterocycles. The molecular formula is C20H20N2O7S. The van der Waals surface area contributed by atoms with Crippen LogP contribution in [0.4, 0.5) is 5.69 Å². The Morgan fingerprint density at radius 3 is 2.23 bits per heavy atom. The van der Waals surface area contributed by atoms with Crippen LogP contribution >= 0.6 is 0 Å². The zero-order chi connectivity index (χ0) is 22.1. The van der Waals surface area contributed by atoms with Crippen molar-refractivity contribution in [2.24, 2.45) is 5.14 Å². The van der Waals surface area contributed by atoms with Crippen molar-refractivity contribution < 1.29 is 32.6 Å². The highest BCUT2D eigenvalue weighted by Crippen LogP contribution is 2.41. The van der Waals surface area contributed by atoms with E-state index in [1.165, 1.54) is 36.3 Å². The van der Waals surface area contributed by atoms with Gasteiger partial charge >= 0.3 is 5.97 Å². The number of aliphatic hydroxyl groups excluding tert-OH is 1. The highest BCUT2D eigenvalue weighted by atomic mass is 32.2. The topological polar surface area (TPSA) is 136 Å². The van der Waals surface area contributed by atoms with Crippen LogP contribution in [-0.4, -0.2) is 39.1 Å². The summed E-state index contributed by atoms with van der Waals surface area (Å²) in [6.45, 7) is 1.67. The molecule has 0 saturated carbocycles. The fourth-order valence-electron chi connectivity index (χ4n) is 3.19. The zero-order valence-corrected chi connectivity index (χ0v) is 17.0. The highest BCUT2D eigenvalue weighted by molar-refractivity contribution is 7.89. The van der Waals surface area contributed by atoms with Gasteiger partial charge in [-0.15, -0.1) is 0 Å². The van der Waals surface area contributed by atoms with E-state index < -0.39 is 33.7 Å². The summed E-state index contributed by atoms with van der Waals surface area (Å²) in [5.41, 5.74) is 0.577. The van der Waals surface area contributed by atoms with Gasteiger partial charge in [-0.3, -0.25) is 9.69 Å². The highest BCUT2D eigenvalue weighted by Gasteiger charge is 2.45. The molecule has 0 spiro atoms. The van der Waals surface area contributed by atoms with E-state index in [4.69, 9.17) is 14.6 Å². The summed E-state index contributed by atoms with van der Waals surface area (Å²) in [6.07, 6.45) is 0. The summed E-state index contributed by atoms with van der Waals surface area (Å²) < 4.78 is 33.2. The van der Waals surface area contributed by atoms with Gasteiger partial charge in [-0.25, -0.2) is 18.4 Å². The zero-order valence-electron chi connectivity index (χ0n) is 16.2. The largest absolute Gasteiger partial charge is 0.503 e. The SMILES string of the molecule is CCOC(=O)C1=C(O)C(=O)N(c2ccc(S(N)(=O)=O)cc2)[C@H]1c1ccc(OC)cc1. The third-order valence-corrected chi connectivity index (χ3v) is 5.51. The van der Waals surface area contributed by atoms with Gasteiger partial charge in [0.25, 0.3) is 5.91 Å². The summed E-state index contributed by atoms with van der Waals surface area (Å²) in [7, 11) is -2.42. The molecule has 1 amide bonds. The Morgan fingerprint density at radius 2 is 1.73 bits per heavy atom. The van der Waals surface area contributed by atoms with Crippen LogP contribution in [0.15, 0.2) is 64.8 Å². The molecule has 158 valence electrons. The quantitative estimate of drug-likeness (QED) is 0.664. The summed E-state index contributed by atoms with van der Waals surface area (Å²) in [4.78, 5) is 26.4. The van der Waals surface area contributed by atoms with Gasteiger partial charge in [-0.1, -0.05) is 12.1 Å². The molecule has 1 aliphatic rings. The molecule has 0 aliphatic carbocycles. The molecule has 1 atom stereocenters. The number of anilines is 1. The molecular weight excluding hydrogens is 412 g/mol. The molecule has 10 heteroatoms. The standard InChI is InChI=1S/C20H20N2O7S/c1-3-29-20(25)16-17(12-4-8-14(28-2)9-5-12)22(19(24)18(16)23)13-6-10-15(11-7-13)30(21,26)27/h4-11,17,23H,3H2,1-2H3,(H2,21,26,27)/t17-/m0/s1. The number of carbonyl (C=O) groups excluding carboxylic acids is 2. The van der Waals surface area contributed by atoms with Gasteiger partial charge in [0.1, 0.15) is 11.3 Å². The molecule has 9 nitrogen and oxygen atoms in total. The maximum atomic E-state index is 12.9. The lowest BCUT2D eigenvalue weighted by Crippen LogP contribution is -2.31. The number of benzene rings is 2. The van der Waals surface area contributed by atoms with Crippen molar-refractivity contribution in [1.82, 2.24) is 0 Å². The number of carbonyl (C=O) groups is 2. The number of rotatable bonds is 6.